The zero-order chi connectivity index (χ0) is 12.3. The fourth-order valence-electron chi connectivity index (χ4n) is 2.02. The molecule has 0 saturated carbocycles. The van der Waals surface area contributed by atoms with E-state index in [0.717, 1.165) is 18.5 Å². The Hall–Kier alpha value is -0.330. The van der Waals surface area contributed by atoms with Gasteiger partial charge in [0, 0.05) is 39.4 Å². The molecule has 0 spiro atoms. The second kappa shape index (κ2) is 6.02. The first-order valence-corrected chi connectivity index (χ1v) is 8.84. The van der Waals surface area contributed by atoms with Crippen molar-refractivity contribution < 1.29 is 4.79 Å². The summed E-state index contributed by atoms with van der Waals surface area (Å²) in [4.78, 5) is 11.4. The molecule has 1 aromatic carbocycles. The van der Waals surface area contributed by atoms with Gasteiger partial charge in [0.05, 0.1) is 0 Å². The summed E-state index contributed by atoms with van der Waals surface area (Å²) in [6, 6.07) is 10.8. The molecule has 1 atom stereocenters. The SMILES string of the molecule is CC(=O)C1=CCC(c2ccccc2)N(SI)C1. The lowest BCUT2D eigenvalue weighted by molar-refractivity contribution is -0.113. The van der Waals surface area contributed by atoms with E-state index in [1.807, 2.05) is 6.07 Å². The maximum Gasteiger partial charge on any atom is 0.156 e. The molecule has 1 unspecified atom stereocenters. The standard InChI is InChI=1S/C13H14INOS/c1-10(16)12-7-8-13(15(9-12)17-14)11-5-3-2-4-6-11/h2-7,13H,8-9H2,1H3. The average molecular weight is 359 g/mol. The molecule has 0 amide bonds. The molecule has 17 heavy (non-hydrogen) atoms. The topological polar surface area (TPSA) is 20.3 Å². The fourth-order valence-corrected chi connectivity index (χ4v) is 3.75. The highest BCUT2D eigenvalue weighted by Gasteiger charge is 2.25. The third kappa shape index (κ3) is 3.11. The molecule has 1 aliphatic rings. The number of carbonyl (C=O) groups is 1. The van der Waals surface area contributed by atoms with Gasteiger partial charge >= 0.3 is 0 Å². The van der Waals surface area contributed by atoms with Gasteiger partial charge < -0.3 is 0 Å². The lowest BCUT2D eigenvalue weighted by Crippen LogP contribution is -2.28. The van der Waals surface area contributed by atoms with Crippen LogP contribution in [0.25, 0.3) is 0 Å². The van der Waals surface area contributed by atoms with Crippen LogP contribution in [0.2, 0.25) is 0 Å². The van der Waals surface area contributed by atoms with Crippen molar-refractivity contribution in [2.75, 3.05) is 6.54 Å². The van der Waals surface area contributed by atoms with Crippen LogP contribution in [0.4, 0.5) is 0 Å². The lowest BCUT2D eigenvalue weighted by atomic mass is 9.97. The second-order valence-corrected chi connectivity index (χ2v) is 5.88. The number of halogens is 1. The van der Waals surface area contributed by atoms with Crippen molar-refractivity contribution in [3.05, 3.63) is 47.5 Å². The minimum Gasteiger partial charge on any atom is -0.295 e. The highest BCUT2D eigenvalue weighted by Crippen LogP contribution is 2.37. The molecular formula is C13H14INOS. The minimum absolute atomic E-state index is 0.187. The molecule has 0 saturated heterocycles. The van der Waals surface area contributed by atoms with E-state index in [-0.39, 0.29) is 5.78 Å². The Bertz CT molecular complexity index is 432. The molecule has 1 aromatic rings. The van der Waals surface area contributed by atoms with Crippen molar-refractivity contribution in [2.24, 2.45) is 0 Å². The van der Waals surface area contributed by atoms with Crippen LogP contribution in [-0.2, 0) is 4.79 Å². The van der Waals surface area contributed by atoms with Crippen LogP contribution in [0.3, 0.4) is 0 Å². The minimum atomic E-state index is 0.187. The largest absolute Gasteiger partial charge is 0.295 e. The maximum absolute atomic E-state index is 11.4. The summed E-state index contributed by atoms with van der Waals surface area (Å²) in [5.74, 6) is 0.187. The first-order chi connectivity index (χ1) is 8.22. The number of rotatable bonds is 3. The molecular weight excluding hydrogens is 345 g/mol. The Kier molecular flexibility index (Phi) is 4.64. The fraction of sp³-hybridized carbons (Fsp3) is 0.308. The van der Waals surface area contributed by atoms with E-state index < -0.39 is 0 Å². The normalized spacial score (nSPS) is 21.1. The molecule has 0 fully saturated rings. The molecule has 4 heteroatoms. The smallest absolute Gasteiger partial charge is 0.156 e. The Morgan fingerprint density at radius 2 is 2.12 bits per heavy atom. The Morgan fingerprint density at radius 1 is 1.41 bits per heavy atom. The van der Waals surface area contributed by atoms with Gasteiger partial charge in [-0.05, 0) is 28.0 Å². The molecule has 0 aliphatic carbocycles. The molecule has 90 valence electrons. The van der Waals surface area contributed by atoms with Crippen molar-refractivity contribution in [2.45, 2.75) is 19.4 Å². The van der Waals surface area contributed by atoms with Gasteiger partial charge in [-0.2, -0.15) is 0 Å². The van der Waals surface area contributed by atoms with E-state index in [1.54, 1.807) is 16.0 Å². The van der Waals surface area contributed by atoms with E-state index >= 15 is 0 Å². The van der Waals surface area contributed by atoms with Crippen LogP contribution in [0, 0.1) is 0 Å². The quantitative estimate of drug-likeness (QED) is 0.602. The van der Waals surface area contributed by atoms with E-state index in [4.69, 9.17) is 0 Å². The van der Waals surface area contributed by atoms with Gasteiger partial charge in [-0.3, -0.25) is 4.79 Å². The van der Waals surface area contributed by atoms with Crippen molar-refractivity contribution in [1.29, 1.82) is 0 Å². The second-order valence-electron chi connectivity index (χ2n) is 4.09. The van der Waals surface area contributed by atoms with Crippen LogP contribution in [0.1, 0.15) is 24.9 Å². The predicted octanol–water partition coefficient (Wildman–Crippen LogP) is 3.95. The molecule has 0 aromatic heterocycles. The van der Waals surface area contributed by atoms with Crippen LogP contribution >= 0.6 is 30.3 Å². The monoisotopic (exact) mass is 359 g/mol. The summed E-state index contributed by atoms with van der Waals surface area (Å²) < 4.78 is 2.27. The Morgan fingerprint density at radius 3 is 2.71 bits per heavy atom. The first kappa shape index (κ1) is 13.1. The first-order valence-electron chi connectivity index (χ1n) is 5.52. The van der Waals surface area contributed by atoms with E-state index in [1.165, 1.54) is 5.56 Å². The van der Waals surface area contributed by atoms with Crippen molar-refractivity contribution in [1.82, 2.24) is 4.31 Å². The van der Waals surface area contributed by atoms with Gasteiger partial charge in [-0.1, -0.05) is 36.4 Å². The van der Waals surface area contributed by atoms with Crippen molar-refractivity contribution in [3.63, 3.8) is 0 Å². The maximum atomic E-state index is 11.4. The van der Waals surface area contributed by atoms with Crippen LogP contribution in [0.15, 0.2) is 42.0 Å². The summed E-state index contributed by atoms with van der Waals surface area (Å²) in [6.07, 6.45) is 3.00. The number of hydrogen-bond donors (Lipinski definition) is 0. The number of nitrogens with zero attached hydrogens (tertiary/aromatic N) is 1. The third-order valence-corrected chi connectivity index (χ3v) is 5.07. The van der Waals surface area contributed by atoms with Crippen LogP contribution < -0.4 is 0 Å². The zero-order valence-corrected chi connectivity index (χ0v) is 12.6. The number of benzene rings is 1. The zero-order valence-electron chi connectivity index (χ0n) is 9.60. The van der Waals surface area contributed by atoms with E-state index in [2.05, 4.69) is 55.9 Å². The summed E-state index contributed by atoms with van der Waals surface area (Å²) in [5, 5.41) is 0. The van der Waals surface area contributed by atoms with Crippen molar-refractivity contribution in [3.8, 4) is 0 Å². The van der Waals surface area contributed by atoms with Crippen LogP contribution in [0.5, 0.6) is 0 Å². The summed E-state index contributed by atoms with van der Waals surface area (Å²) >= 11 is 2.29. The highest BCUT2D eigenvalue weighted by atomic mass is 127. The van der Waals surface area contributed by atoms with E-state index in [9.17, 15) is 4.79 Å². The van der Waals surface area contributed by atoms with Gasteiger partial charge in [0.15, 0.2) is 5.78 Å². The molecule has 0 bridgehead atoms. The summed E-state index contributed by atoms with van der Waals surface area (Å²) in [7, 11) is 1.68. The predicted molar refractivity (Wildman–Crippen MR) is 80.9 cm³/mol. The Balaban J connectivity index is 2.22. The van der Waals surface area contributed by atoms with Gasteiger partial charge in [-0.15, -0.1) is 0 Å². The average Bonchev–Trinajstić information content (AvgIpc) is 2.39. The molecule has 0 N–H and O–H groups in total. The van der Waals surface area contributed by atoms with Gasteiger partial charge in [-0.25, -0.2) is 4.31 Å². The molecule has 0 radical (unpaired) electrons. The molecule has 2 rings (SSSR count). The van der Waals surface area contributed by atoms with E-state index in [0.29, 0.717) is 6.04 Å². The molecule has 2 nitrogen and oxygen atoms in total. The lowest BCUT2D eigenvalue weighted by Gasteiger charge is -2.32. The number of carbonyl (C=O) groups excluding carboxylic acids is 1. The summed E-state index contributed by atoms with van der Waals surface area (Å²) in [6.45, 7) is 2.38. The van der Waals surface area contributed by atoms with Crippen LogP contribution in [-0.4, -0.2) is 16.6 Å². The number of ketones is 1. The van der Waals surface area contributed by atoms with Gasteiger partial charge in [0.2, 0.25) is 0 Å². The number of Topliss-reactive ketones (excluding diaryl/α,β-unsaturated/α-hetero) is 1. The highest BCUT2D eigenvalue weighted by molar-refractivity contribution is 14.2. The molecule has 1 aliphatic heterocycles. The number of hydrogen-bond acceptors (Lipinski definition) is 3. The van der Waals surface area contributed by atoms with Crippen molar-refractivity contribution >= 4 is 36.1 Å². The summed E-state index contributed by atoms with van der Waals surface area (Å²) in [5.41, 5.74) is 2.25. The van der Waals surface area contributed by atoms with Gasteiger partial charge in [0.25, 0.3) is 0 Å². The Labute approximate surface area is 118 Å². The van der Waals surface area contributed by atoms with Gasteiger partial charge in [0.1, 0.15) is 0 Å². The third-order valence-electron chi connectivity index (χ3n) is 2.99. The molecule has 1 heterocycles.